The molecule has 2 nitrogen and oxygen atoms in total. The van der Waals surface area contributed by atoms with E-state index in [2.05, 4.69) is 17.9 Å². The molecule has 0 aromatic heterocycles. The van der Waals surface area contributed by atoms with Crippen LogP contribution in [0.25, 0.3) is 0 Å². The summed E-state index contributed by atoms with van der Waals surface area (Å²) in [7, 11) is 0. The Labute approximate surface area is 90.1 Å². The van der Waals surface area contributed by atoms with Crippen molar-refractivity contribution >= 4 is 18.5 Å². The molecule has 0 fully saturated rings. The van der Waals surface area contributed by atoms with Crippen molar-refractivity contribution in [2.45, 2.75) is 19.4 Å². The predicted molar refractivity (Wildman–Crippen MR) is 61.5 cm³/mol. The van der Waals surface area contributed by atoms with Crippen LogP contribution >= 0.6 is 12.6 Å². The number of benzene rings is 1. The Bertz CT molecular complexity index is 287. The van der Waals surface area contributed by atoms with E-state index in [-0.39, 0.29) is 11.9 Å². The van der Waals surface area contributed by atoms with Crippen molar-refractivity contribution in [1.29, 1.82) is 0 Å². The molecule has 0 aliphatic heterocycles. The third-order valence-corrected chi connectivity index (χ3v) is 2.24. The second-order valence-corrected chi connectivity index (χ2v) is 3.62. The van der Waals surface area contributed by atoms with Crippen LogP contribution in [0.15, 0.2) is 30.3 Å². The largest absolute Gasteiger partial charge is 0.350 e. The minimum Gasteiger partial charge on any atom is -0.350 e. The fourth-order valence-corrected chi connectivity index (χ4v) is 1.44. The van der Waals surface area contributed by atoms with Crippen molar-refractivity contribution < 1.29 is 4.79 Å². The molecule has 0 bridgehead atoms. The normalized spacial score (nSPS) is 12.1. The molecule has 1 N–H and O–H groups in total. The molecular weight excluding hydrogens is 194 g/mol. The van der Waals surface area contributed by atoms with Crippen LogP contribution < -0.4 is 5.32 Å². The van der Waals surface area contributed by atoms with E-state index in [1.807, 2.05) is 37.3 Å². The van der Waals surface area contributed by atoms with Crippen molar-refractivity contribution in [1.82, 2.24) is 5.32 Å². The lowest BCUT2D eigenvalue weighted by atomic mass is 10.1. The van der Waals surface area contributed by atoms with Crippen molar-refractivity contribution in [2.75, 3.05) is 5.75 Å². The van der Waals surface area contributed by atoms with E-state index in [1.54, 1.807) is 0 Å². The van der Waals surface area contributed by atoms with Crippen LogP contribution in [-0.2, 0) is 4.79 Å². The van der Waals surface area contributed by atoms with E-state index in [1.165, 1.54) is 0 Å². The van der Waals surface area contributed by atoms with Crippen LogP contribution in [0.3, 0.4) is 0 Å². The van der Waals surface area contributed by atoms with Gasteiger partial charge in [0.15, 0.2) is 0 Å². The van der Waals surface area contributed by atoms with Crippen molar-refractivity contribution in [3.8, 4) is 0 Å². The molecule has 1 rings (SSSR count). The molecule has 1 aromatic carbocycles. The molecule has 0 heterocycles. The highest BCUT2D eigenvalue weighted by Crippen LogP contribution is 2.10. The lowest BCUT2D eigenvalue weighted by molar-refractivity contribution is -0.121. The molecule has 3 heteroatoms. The number of carbonyl (C=O) groups is 1. The van der Waals surface area contributed by atoms with Gasteiger partial charge in [0.1, 0.15) is 0 Å². The first-order chi connectivity index (χ1) is 6.74. The Balaban J connectivity index is 2.50. The highest BCUT2D eigenvalue weighted by molar-refractivity contribution is 7.80. The van der Waals surface area contributed by atoms with Gasteiger partial charge in [0.25, 0.3) is 0 Å². The van der Waals surface area contributed by atoms with Gasteiger partial charge in [-0.25, -0.2) is 0 Å². The van der Waals surface area contributed by atoms with Gasteiger partial charge >= 0.3 is 0 Å². The fraction of sp³-hybridized carbons (Fsp3) is 0.364. The molecule has 1 aromatic rings. The summed E-state index contributed by atoms with van der Waals surface area (Å²) in [5, 5.41) is 2.91. The summed E-state index contributed by atoms with van der Waals surface area (Å²) in [6, 6.07) is 9.99. The van der Waals surface area contributed by atoms with Gasteiger partial charge in [0.05, 0.1) is 6.04 Å². The third kappa shape index (κ3) is 3.42. The van der Waals surface area contributed by atoms with Crippen molar-refractivity contribution in [3.63, 3.8) is 0 Å². The zero-order valence-electron chi connectivity index (χ0n) is 8.23. The van der Waals surface area contributed by atoms with Gasteiger partial charge in [-0.3, -0.25) is 4.79 Å². The number of rotatable bonds is 4. The third-order valence-electron chi connectivity index (χ3n) is 2.02. The second kappa shape index (κ2) is 5.70. The minimum absolute atomic E-state index is 0.0522. The first kappa shape index (κ1) is 11.1. The maximum Gasteiger partial charge on any atom is 0.221 e. The fourth-order valence-electron chi connectivity index (χ4n) is 1.24. The number of nitrogens with one attached hydrogen (secondary N) is 1. The van der Waals surface area contributed by atoms with Gasteiger partial charge in [0.2, 0.25) is 5.91 Å². The van der Waals surface area contributed by atoms with E-state index < -0.39 is 0 Å². The molecule has 1 unspecified atom stereocenters. The number of hydrogen-bond donors (Lipinski definition) is 2. The molecular formula is C11H15NOS. The second-order valence-electron chi connectivity index (χ2n) is 3.17. The predicted octanol–water partition coefficient (Wildman–Crippen LogP) is 2.18. The smallest absolute Gasteiger partial charge is 0.221 e. The molecule has 14 heavy (non-hydrogen) atoms. The Hall–Kier alpha value is -0.960. The van der Waals surface area contributed by atoms with E-state index in [4.69, 9.17) is 0 Å². The van der Waals surface area contributed by atoms with Gasteiger partial charge < -0.3 is 5.32 Å². The van der Waals surface area contributed by atoms with Gasteiger partial charge in [-0.1, -0.05) is 30.3 Å². The average Bonchev–Trinajstić information content (AvgIpc) is 2.19. The van der Waals surface area contributed by atoms with Gasteiger partial charge in [-0.2, -0.15) is 12.6 Å². The number of amides is 1. The standard InChI is InChI=1S/C11H15NOS/c1-9(12-11(13)7-8-14)10-5-3-2-4-6-10/h2-6,9,14H,7-8H2,1H3,(H,12,13). The molecule has 0 saturated heterocycles. The number of hydrogen-bond acceptors (Lipinski definition) is 2. The van der Waals surface area contributed by atoms with E-state index >= 15 is 0 Å². The monoisotopic (exact) mass is 209 g/mol. The average molecular weight is 209 g/mol. The van der Waals surface area contributed by atoms with Crippen LogP contribution in [0.2, 0.25) is 0 Å². The summed E-state index contributed by atoms with van der Waals surface area (Å²) in [6.45, 7) is 1.98. The number of carbonyl (C=O) groups excluding carboxylic acids is 1. The molecule has 0 radical (unpaired) electrons. The highest BCUT2D eigenvalue weighted by atomic mass is 32.1. The van der Waals surface area contributed by atoms with E-state index in [9.17, 15) is 4.79 Å². The molecule has 0 aliphatic carbocycles. The maximum absolute atomic E-state index is 11.3. The maximum atomic E-state index is 11.3. The molecule has 0 saturated carbocycles. The summed E-state index contributed by atoms with van der Waals surface area (Å²) in [6.07, 6.45) is 0.473. The van der Waals surface area contributed by atoms with Crippen LogP contribution in [0, 0.1) is 0 Å². The van der Waals surface area contributed by atoms with Crippen LogP contribution in [0.5, 0.6) is 0 Å². The minimum atomic E-state index is 0.0522. The lowest BCUT2D eigenvalue weighted by Gasteiger charge is -2.13. The van der Waals surface area contributed by atoms with E-state index in [0.717, 1.165) is 5.56 Å². The Morgan fingerprint density at radius 3 is 2.64 bits per heavy atom. The molecule has 0 aliphatic rings. The van der Waals surface area contributed by atoms with Crippen molar-refractivity contribution in [3.05, 3.63) is 35.9 Å². The van der Waals surface area contributed by atoms with Gasteiger partial charge in [-0.15, -0.1) is 0 Å². The summed E-state index contributed by atoms with van der Waals surface area (Å²) < 4.78 is 0. The Morgan fingerprint density at radius 2 is 2.07 bits per heavy atom. The number of thiol groups is 1. The zero-order chi connectivity index (χ0) is 10.4. The SMILES string of the molecule is CC(NC(=O)CCS)c1ccccc1. The molecule has 1 amide bonds. The summed E-state index contributed by atoms with van der Waals surface area (Å²) in [5.41, 5.74) is 1.13. The van der Waals surface area contributed by atoms with Crippen molar-refractivity contribution in [2.24, 2.45) is 0 Å². The van der Waals surface area contributed by atoms with E-state index in [0.29, 0.717) is 12.2 Å². The van der Waals surface area contributed by atoms with Gasteiger partial charge in [-0.05, 0) is 18.2 Å². The van der Waals surface area contributed by atoms with Crippen LogP contribution in [0.4, 0.5) is 0 Å². The molecule has 1 atom stereocenters. The topological polar surface area (TPSA) is 29.1 Å². The van der Waals surface area contributed by atoms with Crippen LogP contribution in [-0.4, -0.2) is 11.7 Å². The lowest BCUT2D eigenvalue weighted by Crippen LogP contribution is -2.26. The molecule has 0 spiro atoms. The molecule has 76 valence electrons. The van der Waals surface area contributed by atoms with Gasteiger partial charge in [0, 0.05) is 6.42 Å². The Morgan fingerprint density at radius 1 is 1.43 bits per heavy atom. The van der Waals surface area contributed by atoms with Crippen LogP contribution in [0.1, 0.15) is 24.9 Å². The summed E-state index contributed by atoms with van der Waals surface area (Å²) in [5.74, 6) is 0.643. The quantitative estimate of drug-likeness (QED) is 0.731. The first-order valence-electron chi connectivity index (χ1n) is 4.69. The highest BCUT2D eigenvalue weighted by Gasteiger charge is 2.07. The zero-order valence-corrected chi connectivity index (χ0v) is 9.13. The summed E-state index contributed by atoms with van der Waals surface area (Å²) >= 11 is 4.01. The summed E-state index contributed by atoms with van der Waals surface area (Å²) in [4.78, 5) is 11.3. The first-order valence-corrected chi connectivity index (χ1v) is 5.32. The Kier molecular flexibility index (Phi) is 4.53.